The van der Waals surface area contributed by atoms with Crippen LogP contribution in [-0.4, -0.2) is 25.7 Å². The van der Waals surface area contributed by atoms with Crippen LogP contribution in [0.2, 0.25) is 0 Å². The van der Waals surface area contributed by atoms with E-state index < -0.39 is 0 Å². The van der Waals surface area contributed by atoms with Gasteiger partial charge in [0, 0.05) is 24.8 Å². The molecular formula is C15H24N2. The summed E-state index contributed by atoms with van der Waals surface area (Å²) in [5.74, 6) is 0. The summed E-state index contributed by atoms with van der Waals surface area (Å²) in [4.78, 5) is 2.36. The van der Waals surface area contributed by atoms with Crippen LogP contribution in [0.15, 0.2) is 24.3 Å². The molecule has 2 nitrogen and oxygen atoms in total. The van der Waals surface area contributed by atoms with E-state index in [4.69, 9.17) is 0 Å². The van der Waals surface area contributed by atoms with Crippen molar-refractivity contribution in [3.05, 3.63) is 29.8 Å². The average Bonchev–Trinajstić information content (AvgIpc) is 2.30. The van der Waals surface area contributed by atoms with Crippen LogP contribution < -0.4 is 10.2 Å². The Balaban J connectivity index is 2.00. The molecule has 0 radical (unpaired) electrons. The van der Waals surface area contributed by atoms with Crippen molar-refractivity contribution in [2.75, 3.05) is 25.0 Å². The summed E-state index contributed by atoms with van der Waals surface area (Å²) >= 11 is 0. The Labute approximate surface area is 105 Å². The topological polar surface area (TPSA) is 15.3 Å². The molecule has 1 aromatic rings. The first-order valence-corrected chi connectivity index (χ1v) is 6.62. The summed E-state index contributed by atoms with van der Waals surface area (Å²) in [5, 5.41) is 3.67. The Morgan fingerprint density at radius 2 is 1.94 bits per heavy atom. The molecule has 0 saturated carbocycles. The minimum Gasteiger partial charge on any atom is -0.373 e. The third kappa shape index (κ3) is 3.22. The van der Waals surface area contributed by atoms with Crippen LogP contribution in [-0.2, 0) is 0 Å². The maximum Gasteiger partial charge on any atom is 0.0364 e. The van der Waals surface area contributed by atoms with Gasteiger partial charge in [0.05, 0.1) is 0 Å². The van der Waals surface area contributed by atoms with Gasteiger partial charge in [0.15, 0.2) is 0 Å². The van der Waals surface area contributed by atoms with E-state index in [0.29, 0.717) is 0 Å². The summed E-state index contributed by atoms with van der Waals surface area (Å²) in [6.45, 7) is 6.72. The number of aryl methyl sites for hydroxylation is 1. The molecule has 2 heteroatoms. The fourth-order valence-corrected chi connectivity index (χ4v) is 2.67. The number of nitrogens with zero attached hydrogens (tertiary/aromatic N) is 1. The standard InChI is InChI=1S/C15H24N2/c1-13-6-8-14(9-7-13)17(3)12-15(2)10-4-5-11-16-15/h6-9,16H,4-5,10-12H2,1-3H3. The van der Waals surface area contributed by atoms with Crippen LogP contribution >= 0.6 is 0 Å². The Morgan fingerprint density at radius 3 is 2.53 bits per heavy atom. The van der Waals surface area contributed by atoms with Crippen molar-refractivity contribution in [3.63, 3.8) is 0 Å². The number of anilines is 1. The molecule has 1 N–H and O–H groups in total. The lowest BCUT2D eigenvalue weighted by Crippen LogP contribution is -2.53. The molecule has 0 spiro atoms. The van der Waals surface area contributed by atoms with E-state index in [-0.39, 0.29) is 5.54 Å². The van der Waals surface area contributed by atoms with E-state index in [1.54, 1.807) is 0 Å². The lowest BCUT2D eigenvalue weighted by Gasteiger charge is -2.38. The van der Waals surface area contributed by atoms with E-state index >= 15 is 0 Å². The zero-order valence-electron chi connectivity index (χ0n) is 11.3. The second kappa shape index (κ2) is 5.09. The highest BCUT2D eigenvalue weighted by Gasteiger charge is 2.27. The summed E-state index contributed by atoms with van der Waals surface area (Å²) in [7, 11) is 2.19. The monoisotopic (exact) mass is 232 g/mol. The van der Waals surface area contributed by atoms with Crippen molar-refractivity contribution in [2.24, 2.45) is 0 Å². The number of likely N-dealkylation sites (N-methyl/N-ethyl adjacent to an activating group) is 1. The zero-order chi connectivity index (χ0) is 12.3. The lowest BCUT2D eigenvalue weighted by atomic mass is 9.90. The summed E-state index contributed by atoms with van der Waals surface area (Å²) in [6, 6.07) is 8.79. The van der Waals surface area contributed by atoms with E-state index in [1.165, 1.54) is 30.5 Å². The van der Waals surface area contributed by atoms with Crippen LogP contribution in [0.3, 0.4) is 0 Å². The van der Waals surface area contributed by atoms with Crippen LogP contribution in [0.4, 0.5) is 5.69 Å². The number of hydrogen-bond donors (Lipinski definition) is 1. The highest BCUT2D eigenvalue weighted by Crippen LogP contribution is 2.22. The van der Waals surface area contributed by atoms with E-state index in [0.717, 1.165) is 13.1 Å². The maximum atomic E-state index is 3.67. The van der Waals surface area contributed by atoms with Gasteiger partial charge in [-0.3, -0.25) is 0 Å². The van der Waals surface area contributed by atoms with Gasteiger partial charge >= 0.3 is 0 Å². The van der Waals surface area contributed by atoms with Crippen LogP contribution in [0.5, 0.6) is 0 Å². The highest BCUT2D eigenvalue weighted by molar-refractivity contribution is 5.47. The summed E-state index contributed by atoms with van der Waals surface area (Å²) in [6.07, 6.45) is 3.96. The van der Waals surface area contributed by atoms with Crippen molar-refractivity contribution >= 4 is 5.69 Å². The molecule has 1 heterocycles. The summed E-state index contributed by atoms with van der Waals surface area (Å²) < 4.78 is 0. The number of rotatable bonds is 3. The third-order valence-corrected chi connectivity index (χ3v) is 3.77. The molecule has 1 saturated heterocycles. The lowest BCUT2D eigenvalue weighted by molar-refractivity contribution is 0.283. The molecule has 1 fully saturated rings. The average molecular weight is 232 g/mol. The molecule has 0 aliphatic carbocycles. The van der Waals surface area contributed by atoms with Gasteiger partial charge in [-0.05, 0) is 45.4 Å². The molecule has 1 unspecified atom stereocenters. The first kappa shape index (κ1) is 12.4. The normalized spacial score (nSPS) is 24.6. The molecular weight excluding hydrogens is 208 g/mol. The van der Waals surface area contributed by atoms with Crippen molar-refractivity contribution in [1.82, 2.24) is 5.32 Å². The van der Waals surface area contributed by atoms with Gasteiger partial charge in [-0.1, -0.05) is 24.1 Å². The van der Waals surface area contributed by atoms with Crippen molar-refractivity contribution in [2.45, 2.75) is 38.6 Å². The van der Waals surface area contributed by atoms with Crippen molar-refractivity contribution in [3.8, 4) is 0 Å². The first-order chi connectivity index (χ1) is 8.09. The molecule has 1 aromatic carbocycles. The fraction of sp³-hybridized carbons (Fsp3) is 0.600. The van der Waals surface area contributed by atoms with E-state index in [1.807, 2.05) is 0 Å². The van der Waals surface area contributed by atoms with Crippen LogP contribution in [0.1, 0.15) is 31.7 Å². The van der Waals surface area contributed by atoms with Crippen molar-refractivity contribution < 1.29 is 0 Å². The molecule has 0 amide bonds. The number of hydrogen-bond acceptors (Lipinski definition) is 2. The van der Waals surface area contributed by atoms with Crippen LogP contribution in [0.25, 0.3) is 0 Å². The number of piperidine rings is 1. The molecule has 2 rings (SSSR count). The smallest absolute Gasteiger partial charge is 0.0364 e. The third-order valence-electron chi connectivity index (χ3n) is 3.77. The quantitative estimate of drug-likeness (QED) is 0.862. The Morgan fingerprint density at radius 1 is 1.24 bits per heavy atom. The van der Waals surface area contributed by atoms with Gasteiger partial charge in [-0.25, -0.2) is 0 Å². The Bertz CT molecular complexity index is 350. The first-order valence-electron chi connectivity index (χ1n) is 6.62. The predicted octanol–water partition coefficient (Wildman–Crippen LogP) is 2.96. The molecule has 1 atom stereocenters. The fourth-order valence-electron chi connectivity index (χ4n) is 2.67. The minimum absolute atomic E-state index is 0.276. The molecule has 1 aliphatic rings. The number of benzene rings is 1. The Hall–Kier alpha value is -1.02. The number of nitrogens with one attached hydrogen (secondary N) is 1. The van der Waals surface area contributed by atoms with E-state index in [9.17, 15) is 0 Å². The van der Waals surface area contributed by atoms with Crippen molar-refractivity contribution in [1.29, 1.82) is 0 Å². The molecule has 0 aromatic heterocycles. The second-order valence-corrected chi connectivity index (χ2v) is 5.64. The highest BCUT2D eigenvalue weighted by atomic mass is 15.2. The largest absolute Gasteiger partial charge is 0.373 e. The van der Waals surface area contributed by atoms with Gasteiger partial charge in [-0.15, -0.1) is 0 Å². The maximum absolute atomic E-state index is 3.67. The van der Waals surface area contributed by atoms with Gasteiger partial charge in [0.1, 0.15) is 0 Å². The van der Waals surface area contributed by atoms with Gasteiger partial charge < -0.3 is 10.2 Å². The van der Waals surface area contributed by atoms with Gasteiger partial charge in [0.2, 0.25) is 0 Å². The SMILES string of the molecule is Cc1ccc(N(C)CC2(C)CCCCN2)cc1. The molecule has 94 valence electrons. The predicted molar refractivity (Wildman–Crippen MR) is 74.7 cm³/mol. The Kier molecular flexibility index (Phi) is 3.72. The molecule has 1 aliphatic heterocycles. The van der Waals surface area contributed by atoms with Gasteiger partial charge in [-0.2, -0.15) is 0 Å². The molecule has 0 bridgehead atoms. The summed E-state index contributed by atoms with van der Waals surface area (Å²) in [5.41, 5.74) is 2.91. The van der Waals surface area contributed by atoms with Gasteiger partial charge in [0.25, 0.3) is 0 Å². The van der Waals surface area contributed by atoms with Crippen LogP contribution in [0, 0.1) is 6.92 Å². The van der Waals surface area contributed by atoms with E-state index in [2.05, 4.69) is 55.4 Å². The zero-order valence-corrected chi connectivity index (χ0v) is 11.3. The molecule has 17 heavy (non-hydrogen) atoms. The second-order valence-electron chi connectivity index (χ2n) is 5.64. The minimum atomic E-state index is 0.276.